The van der Waals surface area contributed by atoms with E-state index in [-0.39, 0.29) is 17.9 Å². The minimum absolute atomic E-state index is 0.0945. The third kappa shape index (κ3) is 4.26. The van der Waals surface area contributed by atoms with Gasteiger partial charge >= 0.3 is 0 Å². The number of amides is 1. The van der Waals surface area contributed by atoms with Gasteiger partial charge in [-0.1, -0.05) is 12.8 Å². The van der Waals surface area contributed by atoms with Crippen molar-refractivity contribution in [3.63, 3.8) is 0 Å². The maximum absolute atomic E-state index is 12.7. The van der Waals surface area contributed by atoms with E-state index in [9.17, 15) is 13.2 Å². The zero-order valence-corrected chi connectivity index (χ0v) is 17.5. The number of benzene rings is 1. The van der Waals surface area contributed by atoms with Crippen LogP contribution in [0, 0.1) is 5.92 Å². The third-order valence-electron chi connectivity index (χ3n) is 6.16. The van der Waals surface area contributed by atoms with Crippen molar-refractivity contribution in [1.82, 2.24) is 9.62 Å². The van der Waals surface area contributed by atoms with Gasteiger partial charge in [0, 0.05) is 30.7 Å². The lowest BCUT2D eigenvalue weighted by Crippen LogP contribution is -2.36. The Bertz CT molecular complexity index is 827. The number of likely N-dealkylation sites (tertiary alicyclic amines) is 1. The van der Waals surface area contributed by atoms with E-state index in [1.54, 1.807) is 12.1 Å². The topological polar surface area (TPSA) is 69.7 Å². The van der Waals surface area contributed by atoms with Gasteiger partial charge in [-0.15, -0.1) is 0 Å². The van der Waals surface area contributed by atoms with Crippen molar-refractivity contribution < 1.29 is 13.2 Å². The van der Waals surface area contributed by atoms with E-state index in [0.29, 0.717) is 17.9 Å². The highest BCUT2D eigenvalue weighted by Gasteiger charge is 2.39. The molecule has 1 aromatic carbocycles. The molecule has 1 aromatic rings. The Morgan fingerprint density at radius 3 is 2.54 bits per heavy atom. The second kappa shape index (κ2) is 8.13. The Labute approximate surface area is 168 Å². The molecule has 1 saturated carbocycles. The van der Waals surface area contributed by atoms with Crippen LogP contribution in [0.5, 0.6) is 0 Å². The number of rotatable bonds is 6. The number of carbonyl (C=O) groups excluding carboxylic acids is 1. The molecule has 0 bridgehead atoms. The summed E-state index contributed by atoms with van der Waals surface area (Å²) in [7, 11) is -3.53. The molecule has 0 unspecified atom stereocenters. The maximum atomic E-state index is 12.7. The van der Waals surface area contributed by atoms with Crippen molar-refractivity contribution in [2.24, 2.45) is 5.92 Å². The molecule has 1 aliphatic carbocycles. The average Bonchev–Trinajstić information content (AvgIpc) is 3.47. The van der Waals surface area contributed by atoms with Gasteiger partial charge in [-0.05, 0) is 75.9 Å². The first-order valence-electron chi connectivity index (χ1n) is 10.6. The highest BCUT2D eigenvalue weighted by Crippen LogP contribution is 2.39. The standard InChI is InChI=1S/C21H31N3O3S/c1-16-14-18-15-19(8-9-20(18)24(16)21(25)17-6-7-17)28(26,27)22-10-13-23-11-4-2-3-5-12-23/h8-9,15-17,22H,2-7,10-14H2,1H3/t16-/m0/s1. The van der Waals surface area contributed by atoms with Gasteiger partial charge in [0.2, 0.25) is 15.9 Å². The predicted octanol–water partition coefficient (Wildman–Crippen LogP) is 2.53. The number of hydrogen-bond acceptors (Lipinski definition) is 4. The molecule has 6 nitrogen and oxygen atoms in total. The normalized spacial score (nSPS) is 23.5. The SMILES string of the molecule is C[C@H]1Cc2cc(S(=O)(=O)NCCN3CCCCCC3)ccc2N1C(=O)C1CC1. The summed E-state index contributed by atoms with van der Waals surface area (Å²) in [5.41, 5.74) is 1.84. The van der Waals surface area contributed by atoms with Gasteiger partial charge in [0.15, 0.2) is 0 Å². The van der Waals surface area contributed by atoms with Crippen molar-refractivity contribution in [3.05, 3.63) is 23.8 Å². The van der Waals surface area contributed by atoms with Crippen LogP contribution < -0.4 is 9.62 Å². The number of sulfonamides is 1. The number of carbonyl (C=O) groups is 1. The second-order valence-electron chi connectivity index (χ2n) is 8.48. The highest BCUT2D eigenvalue weighted by molar-refractivity contribution is 7.89. The van der Waals surface area contributed by atoms with E-state index in [4.69, 9.17) is 0 Å². The molecule has 1 amide bonds. The smallest absolute Gasteiger partial charge is 0.240 e. The van der Waals surface area contributed by atoms with Crippen molar-refractivity contribution >= 4 is 21.6 Å². The number of fused-ring (bicyclic) bond motifs is 1. The van der Waals surface area contributed by atoms with Gasteiger partial charge in [0.1, 0.15) is 0 Å². The number of anilines is 1. The van der Waals surface area contributed by atoms with E-state index < -0.39 is 10.0 Å². The van der Waals surface area contributed by atoms with Gasteiger partial charge in [-0.3, -0.25) is 4.79 Å². The Hall–Kier alpha value is -1.44. The molecular formula is C21H31N3O3S. The summed E-state index contributed by atoms with van der Waals surface area (Å²) < 4.78 is 28.3. The van der Waals surface area contributed by atoms with Gasteiger partial charge in [0.25, 0.3) is 0 Å². The predicted molar refractivity (Wildman–Crippen MR) is 110 cm³/mol. The Morgan fingerprint density at radius 2 is 1.86 bits per heavy atom. The molecule has 4 rings (SSSR count). The molecule has 7 heteroatoms. The monoisotopic (exact) mass is 405 g/mol. The fraction of sp³-hybridized carbons (Fsp3) is 0.667. The summed E-state index contributed by atoms with van der Waals surface area (Å²) in [6.07, 6.45) is 7.62. The van der Waals surface area contributed by atoms with E-state index in [0.717, 1.165) is 43.7 Å². The lowest BCUT2D eigenvalue weighted by molar-refractivity contribution is -0.120. The van der Waals surface area contributed by atoms with Gasteiger partial charge in [0.05, 0.1) is 4.90 Å². The van der Waals surface area contributed by atoms with Crippen LogP contribution in [0.3, 0.4) is 0 Å². The van der Waals surface area contributed by atoms with E-state index in [2.05, 4.69) is 9.62 Å². The minimum Gasteiger partial charge on any atom is -0.309 e. The summed E-state index contributed by atoms with van der Waals surface area (Å²) in [5.74, 6) is 0.356. The average molecular weight is 406 g/mol. The molecule has 2 heterocycles. The quantitative estimate of drug-likeness (QED) is 0.790. The Balaban J connectivity index is 1.41. The fourth-order valence-corrected chi connectivity index (χ4v) is 5.49. The highest BCUT2D eigenvalue weighted by atomic mass is 32.2. The van der Waals surface area contributed by atoms with Crippen LogP contribution >= 0.6 is 0 Å². The summed E-state index contributed by atoms with van der Waals surface area (Å²) in [5, 5.41) is 0. The van der Waals surface area contributed by atoms with Crippen LogP contribution in [-0.2, 0) is 21.2 Å². The molecule has 1 saturated heterocycles. The van der Waals surface area contributed by atoms with Crippen molar-refractivity contribution in [2.75, 3.05) is 31.1 Å². The first-order chi connectivity index (χ1) is 13.5. The zero-order valence-electron chi connectivity index (χ0n) is 16.7. The van der Waals surface area contributed by atoms with E-state index >= 15 is 0 Å². The molecule has 154 valence electrons. The minimum atomic E-state index is -3.53. The molecule has 2 aliphatic heterocycles. The Morgan fingerprint density at radius 1 is 1.14 bits per heavy atom. The largest absolute Gasteiger partial charge is 0.309 e. The third-order valence-corrected chi connectivity index (χ3v) is 7.62. The molecule has 1 atom stereocenters. The van der Waals surface area contributed by atoms with Crippen molar-refractivity contribution in [2.45, 2.75) is 62.8 Å². The molecular weight excluding hydrogens is 374 g/mol. The number of hydrogen-bond donors (Lipinski definition) is 1. The van der Waals surface area contributed by atoms with E-state index in [1.807, 2.05) is 17.9 Å². The molecule has 2 fully saturated rings. The molecule has 1 N–H and O–H groups in total. The van der Waals surface area contributed by atoms with Crippen LogP contribution in [-0.4, -0.2) is 51.4 Å². The van der Waals surface area contributed by atoms with Crippen LogP contribution in [0.25, 0.3) is 0 Å². The van der Waals surface area contributed by atoms with Gasteiger partial charge in [-0.25, -0.2) is 13.1 Å². The van der Waals surface area contributed by atoms with Crippen molar-refractivity contribution in [1.29, 1.82) is 0 Å². The summed E-state index contributed by atoms with van der Waals surface area (Å²) in [4.78, 5) is 17.1. The first kappa shape index (κ1) is 19.9. The molecule has 28 heavy (non-hydrogen) atoms. The molecule has 0 radical (unpaired) electrons. The Kier molecular flexibility index (Phi) is 5.76. The van der Waals surface area contributed by atoms with Crippen LogP contribution in [0.1, 0.15) is 51.0 Å². The van der Waals surface area contributed by atoms with Gasteiger partial charge in [-0.2, -0.15) is 0 Å². The molecule has 0 aromatic heterocycles. The van der Waals surface area contributed by atoms with E-state index in [1.165, 1.54) is 25.7 Å². The zero-order chi connectivity index (χ0) is 19.7. The summed E-state index contributed by atoms with van der Waals surface area (Å²) in [6.45, 7) is 5.34. The summed E-state index contributed by atoms with van der Waals surface area (Å²) in [6, 6.07) is 5.29. The maximum Gasteiger partial charge on any atom is 0.240 e. The van der Waals surface area contributed by atoms with Gasteiger partial charge < -0.3 is 9.80 Å². The number of nitrogens with one attached hydrogen (secondary N) is 1. The number of nitrogens with zero attached hydrogens (tertiary/aromatic N) is 2. The summed E-state index contributed by atoms with van der Waals surface area (Å²) >= 11 is 0. The fourth-order valence-electron chi connectivity index (χ4n) is 4.42. The van der Waals surface area contributed by atoms with Crippen LogP contribution in [0.4, 0.5) is 5.69 Å². The van der Waals surface area contributed by atoms with Crippen LogP contribution in [0.2, 0.25) is 0 Å². The molecule has 0 spiro atoms. The van der Waals surface area contributed by atoms with Crippen LogP contribution in [0.15, 0.2) is 23.1 Å². The van der Waals surface area contributed by atoms with Crippen molar-refractivity contribution in [3.8, 4) is 0 Å². The lowest BCUT2D eigenvalue weighted by atomic mass is 10.1. The molecule has 3 aliphatic rings. The lowest BCUT2D eigenvalue weighted by Gasteiger charge is -2.22. The second-order valence-corrected chi connectivity index (χ2v) is 10.2. The first-order valence-corrected chi connectivity index (χ1v) is 12.1.